The fourth-order valence-corrected chi connectivity index (χ4v) is 2.28. The summed E-state index contributed by atoms with van der Waals surface area (Å²) in [5.41, 5.74) is 0. The van der Waals surface area contributed by atoms with E-state index in [4.69, 9.17) is 0 Å². The molecule has 2 aromatic rings. The molecule has 11 heteroatoms. The number of halogens is 4. The standard InChI is InChI=1S/C10H16BrN3.C8H12BrN3.CH2I2.CH4.CH3.V/c1-3-14(2)7-6-12-10-5-4-9(11)8-13-10;1-10-4-5-11-8-3-2-7(9)6-12-8;2-1-3;;;/h4-5,8H,3,6-7H2,1-2H3,(H,12,13);2-3,6,10H,4-5H2,1H3,(H,11,12);1H2;1H4;1H3;/q;;;;-1;. The van der Waals surface area contributed by atoms with Crippen LogP contribution in [-0.2, 0) is 18.6 Å². The Hall–Kier alpha value is 0.824. The molecule has 0 aliphatic heterocycles. The van der Waals surface area contributed by atoms with Gasteiger partial charge in [-0.25, -0.2) is 9.97 Å². The number of hydrogen-bond donors (Lipinski definition) is 3. The molecule has 2 heterocycles. The van der Waals surface area contributed by atoms with E-state index in [1.165, 1.54) is 2.43 Å². The Morgan fingerprint density at radius 2 is 1.34 bits per heavy atom. The molecule has 0 atom stereocenters. The summed E-state index contributed by atoms with van der Waals surface area (Å²) < 4.78 is 3.20. The van der Waals surface area contributed by atoms with Crippen LogP contribution in [0.4, 0.5) is 11.6 Å². The zero-order valence-corrected chi connectivity index (χ0v) is 27.4. The Kier molecular flexibility index (Phi) is 35.1. The molecule has 0 fully saturated rings. The monoisotopic (exact) mass is 836 g/mol. The molecule has 32 heavy (non-hydrogen) atoms. The van der Waals surface area contributed by atoms with Gasteiger partial charge in [-0.15, -0.1) is 0 Å². The molecule has 2 rings (SSSR count). The van der Waals surface area contributed by atoms with E-state index in [0.29, 0.717) is 0 Å². The van der Waals surface area contributed by atoms with Crippen LogP contribution < -0.4 is 16.0 Å². The average Bonchev–Trinajstić information content (AvgIpc) is 2.72. The van der Waals surface area contributed by atoms with E-state index in [1.54, 1.807) is 12.4 Å². The Bertz CT molecular complexity index is 625. The van der Waals surface area contributed by atoms with Crippen LogP contribution in [0, 0.1) is 7.43 Å². The molecule has 185 valence electrons. The first kappa shape index (κ1) is 40.0. The van der Waals surface area contributed by atoms with Crippen LogP contribution in [0.1, 0.15) is 14.4 Å². The van der Waals surface area contributed by atoms with Crippen LogP contribution in [0.15, 0.2) is 45.6 Å². The Labute approximate surface area is 252 Å². The molecule has 6 nitrogen and oxygen atoms in total. The van der Waals surface area contributed by atoms with E-state index in [1.807, 2.05) is 31.3 Å². The molecule has 0 saturated carbocycles. The second kappa shape index (κ2) is 28.1. The van der Waals surface area contributed by atoms with Gasteiger partial charge in [0, 0.05) is 66.1 Å². The minimum absolute atomic E-state index is 0. The molecule has 0 saturated heterocycles. The van der Waals surface area contributed by atoms with Crippen molar-refractivity contribution in [1.29, 1.82) is 0 Å². The van der Waals surface area contributed by atoms with E-state index in [2.05, 4.69) is 122 Å². The zero-order chi connectivity index (χ0) is 21.9. The van der Waals surface area contributed by atoms with Crippen molar-refractivity contribution in [2.75, 3.05) is 59.9 Å². The summed E-state index contributed by atoms with van der Waals surface area (Å²) in [7, 11) is 4.04. The fourth-order valence-electron chi connectivity index (χ4n) is 1.81. The maximum absolute atomic E-state index is 4.22. The van der Waals surface area contributed by atoms with Crippen molar-refractivity contribution >= 4 is 88.7 Å². The van der Waals surface area contributed by atoms with E-state index >= 15 is 0 Å². The molecule has 0 spiro atoms. The first-order valence-electron chi connectivity index (χ1n) is 9.12. The van der Waals surface area contributed by atoms with Gasteiger partial charge in [0.05, 0.1) is 2.43 Å². The van der Waals surface area contributed by atoms with Crippen LogP contribution in [0.5, 0.6) is 0 Å². The van der Waals surface area contributed by atoms with Crippen molar-refractivity contribution in [3.8, 4) is 0 Å². The Morgan fingerprint density at radius 3 is 1.69 bits per heavy atom. The molecular weight excluding hydrogens is 801 g/mol. The van der Waals surface area contributed by atoms with Gasteiger partial charge >= 0.3 is 0 Å². The first-order chi connectivity index (χ1) is 14.0. The van der Waals surface area contributed by atoms with Crippen LogP contribution in [0.25, 0.3) is 0 Å². The topological polar surface area (TPSA) is 65.1 Å². The second-order valence-corrected chi connectivity index (χ2v) is 12.0. The number of nitrogens with one attached hydrogen (secondary N) is 3. The zero-order valence-electron chi connectivity index (χ0n) is 18.5. The van der Waals surface area contributed by atoms with Crippen molar-refractivity contribution in [3.63, 3.8) is 0 Å². The van der Waals surface area contributed by atoms with Gasteiger partial charge in [-0.05, 0) is 76.8 Å². The summed E-state index contributed by atoms with van der Waals surface area (Å²) in [6, 6.07) is 7.86. The van der Waals surface area contributed by atoms with Crippen LogP contribution in [0.3, 0.4) is 0 Å². The van der Waals surface area contributed by atoms with Gasteiger partial charge in [0.15, 0.2) is 0 Å². The quantitative estimate of drug-likeness (QED) is 0.115. The van der Waals surface area contributed by atoms with Crippen molar-refractivity contribution in [3.05, 3.63) is 53.0 Å². The number of pyridine rings is 2. The van der Waals surface area contributed by atoms with E-state index in [0.717, 1.165) is 53.3 Å². The molecule has 0 unspecified atom stereocenters. The first-order valence-corrected chi connectivity index (χ1v) is 13.8. The van der Waals surface area contributed by atoms with Gasteiger partial charge in [-0.2, -0.15) is 0 Å². The number of anilines is 2. The number of rotatable bonds is 9. The molecule has 3 N–H and O–H groups in total. The van der Waals surface area contributed by atoms with Gasteiger partial charge in [0.2, 0.25) is 0 Å². The summed E-state index contributed by atoms with van der Waals surface area (Å²) in [5, 5.41) is 9.49. The summed E-state index contributed by atoms with van der Waals surface area (Å²) in [4.78, 5) is 10.6. The number of nitrogens with zero attached hydrogens (tertiary/aromatic N) is 3. The Morgan fingerprint density at radius 1 is 0.906 bits per heavy atom. The maximum atomic E-state index is 4.22. The predicted octanol–water partition coefficient (Wildman–Crippen LogP) is 6.58. The van der Waals surface area contributed by atoms with Gasteiger partial charge in [-0.1, -0.05) is 59.5 Å². The largest absolute Gasteiger partial charge is 0.369 e. The minimum Gasteiger partial charge on any atom is -0.369 e. The van der Waals surface area contributed by atoms with Gasteiger partial charge in [0.25, 0.3) is 0 Å². The van der Waals surface area contributed by atoms with Gasteiger partial charge in [0.1, 0.15) is 11.6 Å². The molecular formula is C21H37Br2I2N6V-. The molecule has 2 aromatic heterocycles. The van der Waals surface area contributed by atoms with Crippen molar-refractivity contribution < 1.29 is 18.6 Å². The van der Waals surface area contributed by atoms with Crippen molar-refractivity contribution in [1.82, 2.24) is 20.2 Å². The smallest absolute Gasteiger partial charge is 0.126 e. The third kappa shape index (κ3) is 24.0. The van der Waals surface area contributed by atoms with Crippen LogP contribution >= 0.6 is 77.0 Å². The molecule has 1 radical (unpaired) electrons. The molecule has 0 aromatic carbocycles. The Balaban J connectivity index is -0.000000203. The van der Waals surface area contributed by atoms with Crippen LogP contribution in [0.2, 0.25) is 0 Å². The summed E-state index contributed by atoms with van der Waals surface area (Å²) in [6.07, 6.45) is 3.58. The van der Waals surface area contributed by atoms with Crippen molar-refractivity contribution in [2.24, 2.45) is 0 Å². The van der Waals surface area contributed by atoms with E-state index in [-0.39, 0.29) is 33.4 Å². The second-order valence-electron chi connectivity index (χ2n) is 5.68. The molecule has 0 aliphatic rings. The number of likely N-dealkylation sites (N-methyl/N-ethyl adjacent to an activating group) is 2. The number of alkyl halides is 2. The van der Waals surface area contributed by atoms with Gasteiger partial charge < -0.3 is 28.3 Å². The average molecular weight is 838 g/mol. The molecule has 0 bridgehead atoms. The SMILES string of the molecule is C.CCN(C)CCNc1ccc(Br)cn1.CNCCNc1ccc(Br)cn1.ICI.[CH3-].[V]. The minimum atomic E-state index is 0. The third-order valence-electron chi connectivity index (χ3n) is 3.48. The summed E-state index contributed by atoms with van der Waals surface area (Å²) in [5.74, 6) is 1.84. The van der Waals surface area contributed by atoms with E-state index in [9.17, 15) is 0 Å². The summed E-state index contributed by atoms with van der Waals surface area (Å²) in [6.45, 7) is 7.03. The van der Waals surface area contributed by atoms with Crippen LogP contribution in [-0.4, -0.2) is 64.1 Å². The summed E-state index contributed by atoms with van der Waals surface area (Å²) >= 11 is 11.2. The molecule has 0 aliphatic carbocycles. The number of hydrogen-bond acceptors (Lipinski definition) is 6. The number of aromatic nitrogens is 2. The van der Waals surface area contributed by atoms with Gasteiger partial charge in [-0.3, -0.25) is 0 Å². The van der Waals surface area contributed by atoms with E-state index < -0.39 is 0 Å². The normalized spacial score (nSPS) is 8.88. The molecule has 0 amide bonds. The van der Waals surface area contributed by atoms with Crippen molar-refractivity contribution in [2.45, 2.75) is 14.4 Å². The fraction of sp³-hybridized carbons (Fsp3) is 0.476. The third-order valence-corrected chi connectivity index (χ3v) is 4.41. The maximum Gasteiger partial charge on any atom is 0.126 e. The predicted molar refractivity (Wildman–Crippen MR) is 164 cm³/mol.